The van der Waals surface area contributed by atoms with Crippen LogP contribution in [-0.4, -0.2) is 17.9 Å². The first-order chi connectivity index (χ1) is 10.3. The van der Waals surface area contributed by atoms with Gasteiger partial charge in [-0.3, -0.25) is 14.4 Å². The van der Waals surface area contributed by atoms with Gasteiger partial charge in [0.15, 0.2) is 0 Å². The van der Waals surface area contributed by atoms with Gasteiger partial charge in [0.05, 0.1) is 0 Å². The molecular weight excluding hydrogens is 288 g/mol. The molecule has 0 amide bonds. The van der Waals surface area contributed by atoms with E-state index in [0.29, 0.717) is 5.56 Å². The molecule has 0 N–H and O–H groups in total. The van der Waals surface area contributed by atoms with Crippen LogP contribution in [0.3, 0.4) is 0 Å². The second-order valence-corrected chi connectivity index (χ2v) is 4.89. The molecule has 0 aliphatic rings. The molecule has 0 saturated carbocycles. The van der Waals surface area contributed by atoms with Crippen molar-refractivity contribution in [3.05, 3.63) is 34.4 Å². The fraction of sp³-hybridized carbons (Fsp3) is 0.438. The molecule has 1 rings (SSSR count). The minimum Gasteiger partial charge on any atom is -0.461 e. The highest BCUT2D eigenvalue weighted by atomic mass is 16.5. The molecule has 0 unspecified atom stereocenters. The summed E-state index contributed by atoms with van der Waals surface area (Å²) in [6, 6.07) is 3.63. The molecule has 0 aliphatic carbocycles. The van der Waals surface area contributed by atoms with Crippen LogP contribution in [0.1, 0.15) is 43.0 Å². The maximum Gasteiger partial charge on any atom is 0.302 e. The Labute approximate surface area is 129 Å². The zero-order valence-electron chi connectivity index (χ0n) is 13.2. The van der Waals surface area contributed by atoms with E-state index in [1.165, 1.54) is 20.8 Å². The normalized spacial score (nSPS) is 10.0. The van der Waals surface area contributed by atoms with E-state index in [1.807, 2.05) is 13.0 Å². The summed E-state index contributed by atoms with van der Waals surface area (Å²) in [7, 11) is 0. The van der Waals surface area contributed by atoms with Gasteiger partial charge < -0.3 is 14.2 Å². The van der Waals surface area contributed by atoms with Crippen LogP contribution in [0.15, 0.2) is 12.1 Å². The van der Waals surface area contributed by atoms with Gasteiger partial charge in [-0.25, -0.2) is 0 Å². The maximum atomic E-state index is 11.0. The number of rotatable bonds is 6. The third kappa shape index (κ3) is 5.95. The molecule has 0 bridgehead atoms. The Morgan fingerprint density at radius 1 is 0.727 bits per heavy atom. The lowest BCUT2D eigenvalue weighted by Gasteiger charge is -2.14. The van der Waals surface area contributed by atoms with E-state index in [-0.39, 0.29) is 31.8 Å². The summed E-state index contributed by atoms with van der Waals surface area (Å²) in [4.78, 5) is 32.9. The molecule has 22 heavy (non-hydrogen) atoms. The minimum absolute atomic E-state index is 0.0687. The van der Waals surface area contributed by atoms with Gasteiger partial charge in [0.1, 0.15) is 19.8 Å². The van der Waals surface area contributed by atoms with Gasteiger partial charge in [-0.05, 0) is 35.2 Å². The van der Waals surface area contributed by atoms with E-state index in [0.717, 1.165) is 16.7 Å². The molecule has 0 spiro atoms. The second-order valence-electron chi connectivity index (χ2n) is 4.89. The Morgan fingerprint density at radius 2 is 1.09 bits per heavy atom. The number of hydrogen-bond acceptors (Lipinski definition) is 6. The quantitative estimate of drug-likeness (QED) is 0.592. The van der Waals surface area contributed by atoms with Crippen LogP contribution in [0.25, 0.3) is 0 Å². The van der Waals surface area contributed by atoms with Gasteiger partial charge in [-0.1, -0.05) is 6.07 Å². The van der Waals surface area contributed by atoms with E-state index >= 15 is 0 Å². The summed E-state index contributed by atoms with van der Waals surface area (Å²) in [5.74, 6) is -1.16. The van der Waals surface area contributed by atoms with Gasteiger partial charge in [0.25, 0.3) is 0 Å². The van der Waals surface area contributed by atoms with Gasteiger partial charge in [0.2, 0.25) is 0 Å². The first kappa shape index (κ1) is 17.7. The topological polar surface area (TPSA) is 78.9 Å². The zero-order chi connectivity index (χ0) is 16.7. The van der Waals surface area contributed by atoms with Gasteiger partial charge in [-0.15, -0.1) is 0 Å². The Morgan fingerprint density at radius 3 is 1.50 bits per heavy atom. The lowest BCUT2D eigenvalue weighted by atomic mass is 10.00. The number of benzene rings is 1. The number of carbonyl (C=O) groups is 3. The monoisotopic (exact) mass is 308 g/mol. The smallest absolute Gasteiger partial charge is 0.302 e. The van der Waals surface area contributed by atoms with Crippen molar-refractivity contribution in [2.75, 3.05) is 0 Å². The Kier molecular flexibility index (Phi) is 6.56. The summed E-state index contributed by atoms with van der Waals surface area (Å²) in [6.07, 6.45) is 0. The highest BCUT2D eigenvalue weighted by molar-refractivity contribution is 5.67. The highest BCUT2D eigenvalue weighted by Gasteiger charge is 2.11. The summed E-state index contributed by atoms with van der Waals surface area (Å²) in [5, 5.41) is 0. The van der Waals surface area contributed by atoms with E-state index in [9.17, 15) is 14.4 Å². The van der Waals surface area contributed by atoms with E-state index in [4.69, 9.17) is 14.2 Å². The van der Waals surface area contributed by atoms with Gasteiger partial charge in [-0.2, -0.15) is 0 Å². The second kappa shape index (κ2) is 8.17. The third-order valence-electron chi connectivity index (χ3n) is 2.95. The zero-order valence-corrected chi connectivity index (χ0v) is 13.2. The molecule has 6 heteroatoms. The number of aryl methyl sites for hydroxylation is 1. The molecule has 1 aromatic carbocycles. The number of carbonyl (C=O) groups excluding carboxylic acids is 3. The molecule has 0 aromatic heterocycles. The van der Waals surface area contributed by atoms with Crippen LogP contribution in [0.4, 0.5) is 0 Å². The van der Waals surface area contributed by atoms with Crippen LogP contribution in [0.2, 0.25) is 0 Å². The third-order valence-corrected chi connectivity index (χ3v) is 2.95. The van der Waals surface area contributed by atoms with Crippen LogP contribution >= 0.6 is 0 Å². The first-order valence-corrected chi connectivity index (χ1v) is 6.81. The molecule has 120 valence electrons. The predicted octanol–water partition coefficient (Wildman–Crippen LogP) is 2.18. The lowest BCUT2D eigenvalue weighted by Crippen LogP contribution is -2.08. The Balaban J connectivity index is 3.02. The van der Waals surface area contributed by atoms with Crippen LogP contribution < -0.4 is 0 Å². The molecule has 6 nitrogen and oxygen atoms in total. The largest absolute Gasteiger partial charge is 0.461 e. The molecule has 0 saturated heterocycles. The van der Waals surface area contributed by atoms with E-state index in [2.05, 4.69) is 0 Å². The summed E-state index contributed by atoms with van der Waals surface area (Å²) < 4.78 is 15.0. The van der Waals surface area contributed by atoms with Crippen molar-refractivity contribution >= 4 is 17.9 Å². The van der Waals surface area contributed by atoms with E-state index < -0.39 is 5.97 Å². The van der Waals surface area contributed by atoms with Gasteiger partial charge in [0, 0.05) is 20.8 Å². The average molecular weight is 308 g/mol. The summed E-state index contributed by atoms with van der Waals surface area (Å²) in [6.45, 7) is 6.16. The molecule has 0 atom stereocenters. The average Bonchev–Trinajstić information content (AvgIpc) is 2.42. The maximum absolute atomic E-state index is 11.0. The van der Waals surface area contributed by atoms with Crippen molar-refractivity contribution in [1.82, 2.24) is 0 Å². The number of esters is 3. The van der Waals surface area contributed by atoms with Crippen molar-refractivity contribution in [3.63, 3.8) is 0 Å². The molecular formula is C16H20O6. The molecule has 0 radical (unpaired) electrons. The van der Waals surface area contributed by atoms with Crippen LogP contribution in [0.5, 0.6) is 0 Å². The SMILES string of the molecule is CC(=O)OCc1cc(COC(C)=O)c(COC(C)=O)cc1C. The van der Waals surface area contributed by atoms with Crippen LogP contribution in [0, 0.1) is 6.92 Å². The highest BCUT2D eigenvalue weighted by Crippen LogP contribution is 2.20. The molecule has 0 aliphatic heterocycles. The minimum atomic E-state index is -0.402. The van der Waals surface area contributed by atoms with Crippen LogP contribution in [-0.2, 0) is 48.4 Å². The predicted molar refractivity (Wildman–Crippen MR) is 77.6 cm³/mol. The number of ether oxygens (including phenoxy) is 3. The van der Waals surface area contributed by atoms with Gasteiger partial charge >= 0.3 is 17.9 Å². The van der Waals surface area contributed by atoms with E-state index in [1.54, 1.807) is 6.07 Å². The fourth-order valence-electron chi connectivity index (χ4n) is 1.83. The lowest BCUT2D eigenvalue weighted by molar-refractivity contribution is -0.144. The van der Waals surface area contributed by atoms with Crippen molar-refractivity contribution in [1.29, 1.82) is 0 Å². The fourth-order valence-corrected chi connectivity index (χ4v) is 1.83. The Bertz CT molecular complexity index is 576. The summed E-state index contributed by atoms with van der Waals surface area (Å²) in [5.41, 5.74) is 3.17. The van der Waals surface area contributed by atoms with Crippen molar-refractivity contribution < 1.29 is 28.6 Å². The molecule has 1 aromatic rings. The number of hydrogen-bond donors (Lipinski definition) is 0. The van der Waals surface area contributed by atoms with Crippen molar-refractivity contribution in [2.45, 2.75) is 47.5 Å². The molecule has 0 heterocycles. The molecule has 0 fully saturated rings. The Hall–Kier alpha value is -2.37. The first-order valence-electron chi connectivity index (χ1n) is 6.81. The van der Waals surface area contributed by atoms with Crippen molar-refractivity contribution in [3.8, 4) is 0 Å². The van der Waals surface area contributed by atoms with Crippen molar-refractivity contribution in [2.24, 2.45) is 0 Å². The summed E-state index contributed by atoms with van der Waals surface area (Å²) >= 11 is 0. The standard InChI is InChI=1S/C16H20O6/c1-10-5-15(8-21-12(3)18)16(9-22-13(4)19)6-14(10)7-20-11(2)17/h5-6H,7-9H2,1-4H3.